The number of aliphatic hydroxyl groups is 1. The number of aromatic carboxylic acids is 1. The number of halogens is 1. The number of carboxylic acid groups (broad SMARTS) is 1. The van der Waals surface area contributed by atoms with Gasteiger partial charge in [0, 0.05) is 15.8 Å². The van der Waals surface area contributed by atoms with E-state index >= 15 is 0 Å². The van der Waals surface area contributed by atoms with Gasteiger partial charge in [0.05, 0.1) is 22.1 Å². The topological polar surface area (TPSA) is 74.9 Å². The first-order valence-corrected chi connectivity index (χ1v) is 14.2. The summed E-state index contributed by atoms with van der Waals surface area (Å²) in [5.41, 5.74) is 4.42. The second-order valence-corrected chi connectivity index (χ2v) is 12.0. The number of nitrogens with zero attached hydrogens (tertiary/aromatic N) is 2. The molecule has 0 spiro atoms. The van der Waals surface area contributed by atoms with Crippen molar-refractivity contribution in [1.29, 1.82) is 0 Å². The summed E-state index contributed by atoms with van der Waals surface area (Å²) >= 11 is 7.56. The molecule has 2 heterocycles. The SMILES string of the molecule is CN(C)C(O)Cn1c(-c2ccc(OCc3ccc(Cl)s3)cc2)c(C2CCCCC2)c2ccc(C(=O)O)cc21. The third kappa shape index (κ3) is 5.61. The van der Waals surface area contributed by atoms with Crippen molar-refractivity contribution in [2.75, 3.05) is 14.1 Å². The van der Waals surface area contributed by atoms with Gasteiger partial charge in [-0.05, 0) is 92.5 Å². The molecule has 0 bridgehead atoms. The van der Waals surface area contributed by atoms with Gasteiger partial charge in [-0.25, -0.2) is 4.79 Å². The molecular weight excluding hydrogens is 520 g/mol. The molecule has 200 valence electrons. The Bertz CT molecular complexity index is 1420. The van der Waals surface area contributed by atoms with Crippen molar-refractivity contribution < 1.29 is 19.7 Å². The Hall–Kier alpha value is -2.84. The largest absolute Gasteiger partial charge is 0.488 e. The molecule has 0 aliphatic heterocycles. The smallest absolute Gasteiger partial charge is 0.335 e. The third-order valence-electron chi connectivity index (χ3n) is 7.44. The van der Waals surface area contributed by atoms with Crippen LogP contribution in [-0.4, -0.2) is 46.0 Å². The third-order valence-corrected chi connectivity index (χ3v) is 8.65. The number of aliphatic hydroxyl groups excluding tert-OH is 1. The van der Waals surface area contributed by atoms with E-state index in [4.69, 9.17) is 16.3 Å². The van der Waals surface area contributed by atoms with Crippen LogP contribution in [0.2, 0.25) is 4.34 Å². The van der Waals surface area contributed by atoms with Crippen molar-refractivity contribution >= 4 is 39.8 Å². The van der Waals surface area contributed by atoms with E-state index in [0.717, 1.165) is 50.0 Å². The highest BCUT2D eigenvalue weighted by Gasteiger charge is 2.28. The number of carboxylic acids is 1. The lowest BCUT2D eigenvalue weighted by Gasteiger charge is -2.25. The van der Waals surface area contributed by atoms with E-state index in [1.165, 1.54) is 36.2 Å². The standard InChI is InChI=1S/C30H33ClN2O4S/c1-32(2)27(34)17-33-25-16-21(30(35)36)10-14-24(25)28(19-6-4-3-5-7-19)29(33)20-8-11-22(12-9-20)37-18-23-13-15-26(31)38-23/h8-16,19,27,34H,3-7,17-18H2,1-2H3,(H,35,36). The Kier molecular flexibility index (Phi) is 8.09. The van der Waals surface area contributed by atoms with Gasteiger partial charge in [-0.15, -0.1) is 11.3 Å². The molecule has 0 amide bonds. The van der Waals surface area contributed by atoms with E-state index in [0.29, 0.717) is 19.1 Å². The van der Waals surface area contributed by atoms with E-state index < -0.39 is 12.2 Å². The minimum atomic E-state index is -0.956. The van der Waals surface area contributed by atoms with Gasteiger partial charge < -0.3 is 19.5 Å². The van der Waals surface area contributed by atoms with Crippen LogP contribution in [0.4, 0.5) is 0 Å². The molecule has 5 rings (SSSR count). The number of ether oxygens (including phenoxy) is 1. The van der Waals surface area contributed by atoms with Crippen LogP contribution < -0.4 is 4.74 Å². The highest BCUT2D eigenvalue weighted by molar-refractivity contribution is 7.16. The van der Waals surface area contributed by atoms with Crippen LogP contribution >= 0.6 is 22.9 Å². The van der Waals surface area contributed by atoms with Gasteiger partial charge in [0.15, 0.2) is 0 Å². The fourth-order valence-electron chi connectivity index (χ4n) is 5.43. The van der Waals surface area contributed by atoms with Crippen LogP contribution in [0.25, 0.3) is 22.2 Å². The van der Waals surface area contributed by atoms with Crippen LogP contribution in [0.1, 0.15) is 58.8 Å². The number of carbonyl (C=O) groups is 1. The molecule has 1 atom stereocenters. The number of hydrogen-bond donors (Lipinski definition) is 2. The number of thiophene rings is 1. The van der Waals surface area contributed by atoms with E-state index in [2.05, 4.69) is 16.7 Å². The van der Waals surface area contributed by atoms with Crippen molar-refractivity contribution in [3.05, 3.63) is 74.9 Å². The zero-order chi connectivity index (χ0) is 26.8. The van der Waals surface area contributed by atoms with Gasteiger partial charge in [0.25, 0.3) is 0 Å². The summed E-state index contributed by atoms with van der Waals surface area (Å²) in [4.78, 5) is 14.7. The molecule has 0 saturated heterocycles. The van der Waals surface area contributed by atoms with Crippen LogP contribution in [0.3, 0.4) is 0 Å². The number of aromatic nitrogens is 1. The molecule has 2 aromatic heterocycles. The Morgan fingerprint density at radius 2 is 1.84 bits per heavy atom. The summed E-state index contributed by atoms with van der Waals surface area (Å²) in [6.45, 7) is 0.781. The van der Waals surface area contributed by atoms with Gasteiger partial charge in [-0.1, -0.05) is 36.9 Å². The highest BCUT2D eigenvalue weighted by atomic mass is 35.5. The second-order valence-electron chi connectivity index (χ2n) is 10.2. The minimum Gasteiger partial charge on any atom is -0.488 e. The highest BCUT2D eigenvalue weighted by Crippen LogP contribution is 2.44. The first-order chi connectivity index (χ1) is 18.3. The van der Waals surface area contributed by atoms with Crippen LogP contribution in [0, 0.1) is 0 Å². The van der Waals surface area contributed by atoms with Gasteiger partial charge >= 0.3 is 5.97 Å². The average Bonchev–Trinajstić information content (AvgIpc) is 3.48. The molecule has 1 aliphatic rings. The Labute approximate surface area is 232 Å². The van der Waals surface area contributed by atoms with Crippen molar-refractivity contribution in [2.24, 2.45) is 0 Å². The lowest BCUT2D eigenvalue weighted by atomic mass is 9.81. The van der Waals surface area contributed by atoms with Crippen molar-refractivity contribution in [1.82, 2.24) is 9.47 Å². The fourth-order valence-corrected chi connectivity index (χ4v) is 6.43. The molecule has 1 unspecified atom stereocenters. The Morgan fingerprint density at radius 1 is 1.11 bits per heavy atom. The molecule has 38 heavy (non-hydrogen) atoms. The lowest BCUT2D eigenvalue weighted by molar-refractivity contribution is 0.0273. The number of likely N-dealkylation sites (N-methyl/N-ethyl adjacent to an activating group) is 1. The number of benzene rings is 2. The molecule has 2 aromatic carbocycles. The van der Waals surface area contributed by atoms with Gasteiger partial charge in [-0.3, -0.25) is 4.90 Å². The first-order valence-electron chi connectivity index (χ1n) is 13.0. The first kappa shape index (κ1) is 26.8. The Morgan fingerprint density at radius 3 is 2.47 bits per heavy atom. The summed E-state index contributed by atoms with van der Waals surface area (Å²) in [7, 11) is 3.68. The van der Waals surface area contributed by atoms with E-state index in [1.54, 1.807) is 17.0 Å². The summed E-state index contributed by atoms with van der Waals surface area (Å²) in [6.07, 6.45) is 5.10. The second kappa shape index (κ2) is 11.5. The van der Waals surface area contributed by atoms with Crippen molar-refractivity contribution in [3.63, 3.8) is 0 Å². The van der Waals surface area contributed by atoms with Crippen LogP contribution in [0.5, 0.6) is 5.75 Å². The summed E-state index contributed by atoms with van der Waals surface area (Å²) in [5.74, 6) is 0.193. The van der Waals surface area contributed by atoms with Gasteiger partial charge in [-0.2, -0.15) is 0 Å². The van der Waals surface area contributed by atoms with E-state index in [9.17, 15) is 15.0 Å². The fraction of sp³-hybridized carbons (Fsp3) is 0.367. The maximum atomic E-state index is 11.9. The Balaban J connectivity index is 1.61. The molecule has 0 radical (unpaired) electrons. The van der Waals surface area contributed by atoms with Crippen molar-refractivity contribution in [3.8, 4) is 17.0 Å². The molecule has 4 aromatic rings. The van der Waals surface area contributed by atoms with E-state index in [-0.39, 0.29) is 5.56 Å². The number of rotatable bonds is 9. The molecule has 6 nitrogen and oxygen atoms in total. The molecule has 1 saturated carbocycles. The minimum absolute atomic E-state index is 0.245. The molecule has 1 fully saturated rings. The predicted molar refractivity (Wildman–Crippen MR) is 154 cm³/mol. The zero-order valence-corrected chi connectivity index (χ0v) is 23.3. The maximum absolute atomic E-state index is 11.9. The normalized spacial score (nSPS) is 15.3. The summed E-state index contributed by atoms with van der Waals surface area (Å²) < 4.78 is 8.86. The molecule has 1 aliphatic carbocycles. The molecule has 8 heteroatoms. The van der Waals surface area contributed by atoms with Gasteiger partial charge in [0.1, 0.15) is 18.6 Å². The van der Waals surface area contributed by atoms with E-state index in [1.807, 2.05) is 44.4 Å². The summed E-state index contributed by atoms with van der Waals surface area (Å²) in [6, 6.07) is 17.3. The molecular formula is C30H33ClN2O4S. The summed E-state index contributed by atoms with van der Waals surface area (Å²) in [5, 5.41) is 21.7. The van der Waals surface area contributed by atoms with Crippen molar-refractivity contribution in [2.45, 2.75) is 57.4 Å². The average molecular weight is 553 g/mol. The zero-order valence-electron chi connectivity index (χ0n) is 21.7. The van der Waals surface area contributed by atoms with Crippen LogP contribution in [-0.2, 0) is 13.2 Å². The monoisotopic (exact) mass is 552 g/mol. The molecule has 2 N–H and O–H groups in total. The lowest BCUT2D eigenvalue weighted by Crippen LogP contribution is -2.32. The number of hydrogen-bond acceptors (Lipinski definition) is 5. The number of fused-ring (bicyclic) bond motifs is 1. The predicted octanol–water partition coefficient (Wildman–Crippen LogP) is 7.23. The maximum Gasteiger partial charge on any atom is 0.335 e. The quantitative estimate of drug-likeness (QED) is 0.214. The van der Waals surface area contributed by atoms with Gasteiger partial charge in [0.2, 0.25) is 0 Å². The van der Waals surface area contributed by atoms with Crippen LogP contribution in [0.15, 0.2) is 54.6 Å².